The smallest absolute Gasteiger partial charge is 0.159 e. The zero-order valence-corrected chi connectivity index (χ0v) is 10.4. The van der Waals surface area contributed by atoms with Crippen LogP contribution in [0, 0.1) is 23.3 Å². The van der Waals surface area contributed by atoms with Crippen LogP contribution in [0.15, 0.2) is 41.6 Å². The molecule has 21 heavy (non-hydrogen) atoms. The third-order valence-electron chi connectivity index (χ3n) is 2.23. The van der Waals surface area contributed by atoms with Gasteiger partial charge in [0.1, 0.15) is 6.29 Å². The second-order valence-electron chi connectivity index (χ2n) is 3.71. The van der Waals surface area contributed by atoms with Crippen LogP contribution in [-0.4, -0.2) is 17.7 Å². The van der Waals surface area contributed by atoms with Gasteiger partial charge in [0, 0.05) is 5.56 Å². The highest BCUT2D eigenvalue weighted by molar-refractivity contribution is 5.78. The molecule has 2 aromatic carbocycles. The lowest BCUT2D eigenvalue weighted by Gasteiger charge is -1.92. The molecule has 0 unspecified atom stereocenters. The number of rotatable bonds is 2. The minimum Gasteiger partial charge on any atom is -0.411 e. The summed E-state index contributed by atoms with van der Waals surface area (Å²) in [5, 5.41) is 10.7. The third kappa shape index (κ3) is 5.06. The Morgan fingerprint density at radius 1 is 0.810 bits per heavy atom. The molecule has 3 nitrogen and oxygen atoms in total. The van der Waals surface area contributed by atoms with E-state index in [9.17, 15) is 22.4 Å². The SMILES string of the molecule is O/N=C\c1ccc(F)c(F)c1.O=Cc1ccc(F)c(F)c1. The number of carbonyl (C=O) groups excluding carboxylic acids is 1. The minimum absolute atomic E-state index is 0.138. The number of halogens is 4. The first kappa shape index (κ1) is 16.4. The molecule has 0 fully saturated rings. The molecule has 0 aliphatic rings. The van der Waals surface area contributed by atoms with E-state index < -0.39 is 23.3 Å². The molecule has 7 heteroatoms. The van der Waals surface area contributed by atoms with Gasteiger partial charge in [-0.15, -0.1) is 0 Å². The van der Waals surface area contributed by atoms with Crippen molar-refractivity contribution in [2.45, 2.75) is 0 Å². The van der Waals surface area contributed by atoms with Crippen LogP contribution >= 0.6 is 0 Å². The van der Waals surface area contributed by atoms with Crippen LogP contribution in [-0.2, 0) is 0 Å². The number of hydrogen-bond donors (Lipinski definition) is 1. The molecule has 0 aliphatic carbocycles. The highest BCUT2D eigenvalue weighted by atomic mass is 19.2. The molecule has 0 atom stereocenters. The van der Waals surface area contributed by atoms with Crippen LogP contribution in [0.1, 0.15) is 15.9 Å². The average molecular weight is 299 g/mol. The van der Waals surface area contributed by atoms with E-state index in [1.807, 2.05) is 0 Å². The normalized spacial score (nSPS) is 10.1. The molecule has 0 aromatic heterocycles. The van der Waals surface area contributed by atoms with Crippen molar-refractivity contribution in [2.24, 2.45) is 5.16 Å². The molecule has 0 radical (unpaired) electrons. The van der Waals surface area contributed by atoms with Crippen LogP contribution in [0.25, 0.3) is 0 Å². The van der Waals surface area contributed by atoms with Gasteiger partial charge in [-0.05, 0) is 35.9 Å². The largest absolute Gasteiger partial charge is 0.411 e. The van der Waals surface area contributed by atoms with Crippen molar-refractivity contribution in [2.75, 3.05) is 0 Å². The molecular formula is C14H9F4NO2. The summed E-state index contributed by atoms with van der Waals surface area (Å²) in [4.78, 5) is 9.98. The molecule has 1 N–H and O–H groups in total. The Kier molecular flexibility index (Phi) is 6.06. The first-order chi connectivity index (χ1) is 9.97. The first-order valence-electron chi connectivity index (χ1n) is 5.50. The lowest BCUT2D eigenvalue weighted by molar-refractivity contribution is 0.112. The first-order valence-corrected chi connectivity index (χ1v) is 5.50. The van der Waals surface area contributed by atoms with Crippen LogP contribution in [0.4, 0.5) is 17.6 Å². The Morgan fingerprint density at radius 3 is 1.71 bits per heavy atom. The van der Waals surface area contributed by atoms with Crippen molar-refractivity contribution < 1.29 is 27.6 Å². The highest BCUT2D eigenvalue weighted by Gasteiger charge is 2.00. The number of hydrogen-bond acceptors (Lipinski definition) is 3. The summed E-state index contributed by atoms with van der Waals surface area (Å²) in [6, 6.07) is 6.19. The van der Waals surface area contributed by atoms with Gasteiger partial charge in [-0.25, -0.2) is 17.6 Å². The van der Waals surface area contributed by atoms with E-state index in [1.165, 1.54) is 12.1 Å². The summed E-state index contributed by atoms with van der Waals surface area (Å²) >= 11 is 0. The van der Waals surface area contributed by atoms with Gasteiger partial charge in [0.2, 0.25) is 0 Å². The standard InChI is InChI=1S/C7H5F2NO.C7H4F2O/c8-6-2-1-5(4-10-11)3-7(6)9;8-6-2-1-5(4-10)3-7(6)9/h1-4,11H;1-4H/b10-4-;. The fourth-order valence-corrected chi connectivity index (χ4v) is 1.25. The molecule has 0 heterocycles. The van der Waals surface area contributed by atoms with Gasteiger partial charge in [-0.3, -0.25) is 4.79 Å². The maximum atomic E-state index is 12.4. The maximum Gasteiger partial charge on any atom is 0.159 e. The summed E-state index contributed by atoms with van der Waals surface area (Å²) in [6.45, 7) is 0. The zero-order chi connectivity index (χ0) is 15.8. The highest BCUT2D eigenvalue weighted by Crippen LogP contribution is 2.07. The van der Waals surface area contributed by atoms with E-state index in [-0.39, 0.29) is 5.56 Å². The van der Waals surface area contributed by atoms with Crippen LogP contribution < -0.4 is 0 Å². The molecule has 0 amide bonds. The Bertz CT molecular complexity index is 659. The van der Waals surface area contributed by atoms with Gasteiger partial charge in [0.05, 0.1) is 6.21 Å². The number of carbonyl (C=O) groups is 1. The van der Waals surface area contributed by atoms with Crippen LogP contribution in [0.5, 0.6) is 0 Å². The van der Waals surface area contributed by atoms with E-state index >= 15 is 0 Å². The van der Waals surface area contributed by atoms with E-state index in [2.05, 4.69) is 5.16 Å². The lowest BCUT2D eigenvalue weighted by atomic mass is 10.2. The summed E-state index contributed by atoms with van der Waals surface area (Å²) in [6.07, 6.45) is 1.48. The second-order valence-corrected chi connectivity index (χ2v) is 3.71. The lowest BCUT2D eigenvalue weighted by Crippen LogP contribution is -1.87. The maximum absolute atomic E-state index is 12.4. The Balaban J connectivity index is 0.000000211. The minimum atomic E-state index is -0.996. The van der Waals surface area contributed by atoms with E-state index in [1.54, 1.807) is 0 Å². The fraction of sp³-hybridized carbons (Fsp3) is 0. The van der Waals surface area contributed by atoms with Crippen molar-refractivity contribution in [1.29, 1.82) is 0 Å². The predicted octanol–water partition coefficient (Wildman–Crippen LogP) is 3.55. The Labute approximate surface area is 117 Å². The molecule has 110 valence electrons. The molecule has 0 saturated carbocycles. The summed E-state index contributed by atoms with van der Waals surface area (Å²) in [5.41, 5.74) is 0.449. The number of aldehydes is 1. The van der Waals surface area contributed by atoms with Crippen molar-refractivity contribution in [3.8, 4) is 0 Å². The van der Waals surface area contributed by atoms with Crippen LogP contribution in [0.2, 0.25) is 0 Å². The second kappa shape index (κ2) is 7.78. The van der Waals surface area contributed by atoms with E-state index in [0.29, 0.717) is 11.8 Å². The molecule has 0 spiro atoms. The molecule has 0 bridgehead atoms. The number of benzene rings is 2. The average Bonchev–Trinajstić information content (AvgIpc) is 2.47. The predicted molar refractivity (Wildman–Crippen MR) is 67.5 cm³/mol. The van der Waals surface area contributed by atoms with Gasteiger partial charge >= 0.3 is 0 Å². The van der Waals surface area contributed by atoms with Crippen molar-refractivity contribution in [3.05, 3.63) is 70.8 Å². The summed E-state index contributed by atoms with van der Waals surface area (Å²) in [7, 11) is 0. The summed E-state index contributed by atoms with van der Waals surface area (Å²) in [5.74, 6) is -3.81. The zero-order valence-electron chi connectivity index (χ0n) is 10.4. The monoisotopic (exact) mass is 299 g/mol. The Morgan fingerprint density at radius 2 is 1.29 bits per heavy atom. The number of nitrogens with zero attached hydrogens (tertiary/aromatic N) is 1. The molecular weight excluding hydrogens is 290 g/mol. The molecule has 0 saturated heterocycles. The number of oxime groups is 1. The van der Waals surface area contributed by atoms with Gasteiger partial charge in [-0.1, -0.05) is 11.2 Å². The quantitative estimate of drug-likeness (QED) is 0.303. The van der Waals surface area contributed by atoms with Crippen molar-refractivity contribution in [1.82, 2.24) is 0 Å². The molecule has 2 aromatic rings. The van der Waals surface area contributed by atoms with E-state index in [4.69, 9.17) is 5.21 Å². The summed E-state index contributed by atoms with van der Waals surface area (Å²) < 4.78 is 49.0. The third-order valence-corrected chi connectivity index (χ3v) is 2.23. The topological polar surface area (TPSA) is 49.7 Å². The van der Waals surface area contributed by atoms with E-state index in [0.717, 1.165) is 30.5 Å². The molecule has 2 rings (SSSR count). The van der Waals surface area contributed by atoms with Gasteiger partial charge in [-0.2, -0.15) is 0 Å². The van der Waals surface area contributed by atoms with Crippen molar-refractivity contribution >= 4 is 12.5 Å². The van der Waals surface area contributed by atoms with Gasteiger partial charge in [0.15, 0.2) is 23.3 Å². The Hall–Kier alpha value is -2.70. The van der Waals surface area contributed by atoms with Crippen LogP contribution in [0.3, 0.4) is 0 Å². The van der Waals surface area contributed by atoms with Crippen molar-refractivity contribution in [3.63, 3.8) is 0 Å². The fourth-order valence-electron chi connectivity index (χ4n) is 1.25. The van der Waals surface area contributed by atoms with Gasteiger partial charge in [0.25, 0.3) is 0 Å². The van der Waals surface area contributed by atoms with Gasteiger partial charge < -0.3 is 5.21 Å². The molecule has 0 aliphatic heterocycles.